The van der Waals surface area contributed by atoms with Gasteiger partial charge < -0.3 is 10.6 Å². The predicted octanol–water partition coefficient (Wildman–Crippen LogP) is 3.76. The molecule has 108 valence electrons. The molecule has 1 saturated heterocycles. The van der Waals surface area contributed by atoms with Gasteiger partial charge in [-0.2, -0.15) is 0 Å². The Kier molecular flexibility index (Phi) is 6.67. The number of hydrogen-bond donors (Lipinski definition) is 1. The Labute approximate surface area is 123 Å². The fourth-order valence-electron chi connectivity index (χ4n) is 2.81. The number of anilines is 1. The van der Waals surface area contributed by atoms with Gasteiger partial charge in [-0.15, -0.1) is 12.4 Å². The van der Waals surface area contributed by atoms with Gasteiger partial charge in [0.25, 0.3) is 0 Å². The standard InChI is InChI=1S/C16H26N2.ClH/c1-3-4-5-14-12-18(11-10-16(14)17)15-8-6-13(2)7-9-15;/h6-9,14,16H,3-5,10-12,17H2,1-2H3;1H. The molecule has 3 heteroatoms. The summed E-state index contributed by atoms with van der Waals surface area (Å²) >= 11 is 0. The van der Waals surface area contributed by atoms with E-state index in [1.165, 1.54) is 30.5 Å². The van der Waals surface area contributed by atoms with Gasteiger partial charge >= 0.3 is 0 Å². The molecule has 0 spiro atoms. The van der Waals surface area contributed by atoms with Crippen LogP contribution in [0.5, 0.6) is 0 Å². The molecule has 1 aromatic carbocycles. The van der Waals surface area contributed by atoms with Crippen LogP contribution in [0.1, 0.15) is 38.2 Å². The molecule has 2 atom stereocenters. The van der Waals surface area contributed by atoms with Gasteiger partial charge in [-0.3, -0.25) is 0 Å². The van der Waals surface area contributed by atoms with Crippen LogP contribution >= 0.6 is 12.4 Å². The van der Waals surface area contributed by atoms with Gasteiger partial charge in [-0.05, 0) is 37.8 Å². The Morgan fingerprint density at radius 1 is 1.26 bits per heavy atom. The minimum Gasteiger partial charge on any atom is -0.371 e. The first-order chi connectivity index (χ1) is 8.70. The van der Waals surface area contributed by atoms with Crippen molar-refractivity contribution in [1.82, 2.24) is 0 Å². The third-order valence-electron chi connectivity index (χ3n) is 4.12. The maximum Gasteiger partial charge on any atom is 0.0366 e. The Bertz CT molecular complexity index is 364. The molecule has 0 aliphatic carbocycles. The largest absolute Gasteiger partial charge is 0.371 e. The van der Waals surface area contributed by atoms with Crippen LogP contribution in [0.15, 0.2) is 24.3 Å². The van der Waals surface area contributed by atoms with Gasteiger partial charge in [0.05, 0.1) is 0 Å². The van der Waals surface area contributed by atoms with E-state index < -0.39 is 0 Å². The molecule has 0 saturated carbocycles. The second-order valence-electron chi connectivity index (χ2n) is 5.64. The quantitative estimate of drug-likeness (QED) is 0.911. The smallest absolute Gasteiger partial charge is 0.0366 e. The number of rotatable bonds is 4. The number of benzene rings is 1. The summed E-state index contributed by atoms with van der Waals surface area (Å²) in [6.07, 6.45) is 4.98. The van der Waals surface area contributed by atoms with Crippen LogP contribution in [0, 0.1) is 12.8 Å². The minimum absolute atomic E-state index is 0. The number of piperidine rings is 1. The van der Waals surface area contributed by atoms with Crippen LogP contribution < -0.4 is 10.6 Å². The first-order valence-electron chi connectivity index (χ1n) is 7.28. The number of nitrogens with zero attached hydrogens (tertiary/aromatic N) is 1. The van der Waals surface area contributed by atoms with Crippen molar-refractivity contribution >= 4 is 18.1 Å². The molecule has 2 nitrogen and oxygen atoms in total. The van der Waals surface area contributed by atoms with E-state index in [2.05, 4.69) is 43.0 Å². The number of halogens is 1. The average molecular weight is 283 g/mol. The Hall–Kier alpha value is -0.730. The monoisotopic (exact) mass is 282 g/mol. The first-order valence-corrected chi connectivity index (χ1v) is 7.28. The molecular formula is C16H27ClN2. The Balaban J connectivity index is 0.00000180. The third kappa shape index (κ3) is 4.39. The molecule has 19 heavy (non-hydrogen) atoms. The molecule has 2 unspecified atom stereocenters. The number of hydrogen-bond acceptors (Lipinski definition) is 2. The van der Waals surface area contributed by atoms with Crippen LogP contribution in [0.25, 0.3) is 0 Å². The van der Waals surface area contributed by atoms with Crippen molar-refractivity contribution in [3.8, 4) is 0 Å². The Morgan fingerprint density at radius 2 is 1.95 bits per heavy atom. The van der Waals surface area contributed by atoms with Crippen molar-refractivity contribution < 1.29 is 0 Å². The SMILES string of the molecule is CCCCC1CN(c2ccc(C)cc2)CCC1N.Cl. The van der Waals surface area contributed by atoms with E-state index in [0.717, 1.165) is 19.5 Å². The van der Waals surface area contributed by atoms with E-state index in [9.17, 15) is 0 Å². The zero-order chi connectivity index (χ0) is 13.0. The van der Waals surface area contributed by atoms with Gasteiger partial charge in [0.2, 0.25) is 0 Å². The second kappa shape index (κ2) is 7.76. The van der Waals surface area contributed by atoms with E-state index in [4.69, 9.17) is 5.73 Å². The summed E-state index contributed by atoms with van der Waals surface area (Å²) in [6.45, 7) is 6.63. The maximum atomic E-state index is 6.26. The first kappa shape index (κ1) is 16.3. The summed E-state index contributed by atoms with van der Waals surface area (Å²) in [5.41, 5.74) is 8.94. The van der Waals surface area contributed by atoms with Crippen molar-refractivity contribution in [2.45, 2.75) is 45.6 Å². The molecule has 1 aliphatic rings. The van der Waals surface area contributed by atoms with Crippen LogP contribution in [-0.4, -0.2) is 19.1 Å². The highest BCUT2D eigenvalue weighted by Crippen LogP contribution is 2.25. The number of aryl methyl sites for hydroxylation is 1. The van der Waals surface area contributed by atoms with Crippen LogP contribution in [-0.2, 0) is 0 Å². The molecule has 2 rings (SSSR count). The summed E-state index contributed by atoms with van der Waals surface area (Å²) in [6, 6.07) is 9.28. The lowest BCUT2D eigenvalue weighted by atomic mass is 9.88. The zero-order valence-electron chi connectivity index (χ0n) is 12.1. The van der Waals surface area contributed by atoms with Crippen molar-refractivity contribution in [1.29, 1.82) is 0 Å². The second-order valence-corrected chi connectivity index (χ2v) is 5.64. The van der Waals surface area contributed by atoms with Crippen LogP contribution in [0.3, 0.4) is 0 Å². The van der Waals surface area contributed by atoms with E-state index in [-0.39, 0.29) is 12.4 Å². The third-order valence-corrected chi connectivity index (χ3v) is 4.12. The van der Waals surface area contributed by atoms with E-state index in [0.29, 0.717) is 12.0 Å². The van der Waals surface area contributed by atoms with Gasteiger partial charge in [-0.1, -0.05) is 37.5 Å². The van der Waals surface area contributed by atoms with Crippen molar-refractivity contribution in [2.24, 2.45) is 11.7 Å². The fraction of sp³-hybridized carbons (Fsp3) is 0.625. The summed E-state index contributed by atoms with van der Waals surface area (Å²) in [5.74, 6) is 0.667. The summed E-state index contributed by atoms with van der Waals surface area (Å²) in [7, 11) is 0. The normalized spacial score (nSPS) is 23.0. The molecule has 0 amide bonds. The lowest BCUT2D eigenvalue weighted by Crippen LogP contribution is -2.47. The highest BCUT2D eigenvalue weighted by molar-refractivity contribution is 5.85. The highest BCUT2D eigenvalue weighted by atomic mass is 35.5. The number of unbranched alkanes of at least 4 members (excludes halogenated alkanes) is 1. The predicted molar refractivity (Wildman–Crippen MR) is 86.2 cm³/mol. The van der Waals surface area contributed by atoms with E-state index >= 15 is 0 Å². The van der Waals surface area contributed by atoms with Crippen molar-refractivity contribution in [3.05, 3.63) is 29.8 Å². The maximum absolute atomic E-state index is 6.26. The topological polar surface area (TPSA) is 29.3 Å². The fourth-order valence-corrected chi connectivity index (χ4v) is 2.81. The zero-order valence-corrected chi connectivity index (χ0v) is 13.0. The van der Waals surface area contributed by atoms with Gasteiger partial charge in [0, 0.05) is 24.8 Å². The van der Waals surface area contributed by atoms with E-state index in [1.54, 1.807) is 0 Å². The molecular weight excluding hydrogens is 256 g/mol. The van der Waals surface area contributed by atoms with Crippen molar-refractivity contribution in [3.63, 3.8) is 0 Å². The van der Waals surface area contributed by atoms with Gasteiger partial charge in [-0.25, -0.2) is 0 Å². The highest BCUT2D eigenvalue weighted by Gasteiger charge is 2.26. The van der Waals surface area contributed by atoms with E-state index in [1.807, 2.05) is 0 Å². The lowest BCUT2D eigenvalue weighted by molar-refractivity contribution is 0.330. The van der Waals surface area contributed by atoms with Crippen molar-refractivity contribution in [2.75, 3.05) is 18.0 Å². The molecule has 1 aromatic rings. The van der Waals surface area contributed by atoms with Gasteiger partial charge in [0.1, 0.15) is 0 Å². The summed E-state index contributed by atoms with van der Waals surface area (Å²) in [5, 5.41) is 0. The average Bonchev–Trinajstić information content (AvgIpc) is 2.39. The summed E-state index contributed by atoms with van der Waals surface area (Å²) < 4.78 is 0. The lowest BCUT2D eigenvalue weighted by Gasteiger charge is -2.38. The minimum atomic E-state index is 0. The molecule has 2 N–H and O–H groups in total. The molecule has 0 radical (unpaired) electrons. The number of nitrogens with two attached hydrogens (primary N) is 1. The summed E-state index contributed by atoms with van der Waals surface area (Å²) in [4.78, 5) is 2.50. The van der Waals surface area contributed by atoms with Crippen LogP contribution in [0.2, 0.25) is 0 Å². The van der Waals surface area contributed by atoms with Gasteiger partial charge in [0.15, 0.2) is 0 Å². The molecule has 1 aliphatic heterocycles. The molecule has 0 aromatic heterocycles. The molecule has 1 fully saturated rings. The van der Waals surface area contributed by atoms with Crippen LogP contribution in [0.4, 0.5) is 5.69 Å². The Morgan fingerprint density at radius 3 is 2.58 bits per heavy atom. The molecule has 1 heterocycles. The molecule has 0 bridgehead atoms.